The zero-order valence-corrected chi connectivity index (χ0v) is 15.0. The highest BCUT2D eigenvalue weighted by atomic mass is 32.2. The summed E-state index contributed by atoms with van der Waals surface area (Å²) in [7, 11) is 3.72. The smallest absolute Gasteiger partial charge is 0.446 e. The molecule has 13 heteroatoms. The van der Waals surface area contributed by atoms with Crippen molar-refractivity contribution in [2.24, 2.45) is 9.98 Å². The number of amidine groups is 1. The van der Waals surface area contributed by atoms with Gasteiger partial charge in [-0.1, -0.05) is 0 Å². The minimum atomic E-state index is -5.15. The number of hydrogen-bond donors (Lipinski definition) is 0. The van der Waals surface area contributed by atoms with E-state index in [1.54, 1.807) is 0 Å². The second kappa shape index (κ2) is 6.11. The minimum Gasteiger partial charge on any atom is -0.465 e. The van der Waals surface area contributed by atoms with Crippen molar-refractivity contribution in [3.8, 4) is 0 Å². The van der Waals surface area contributed by atoms with E-state index in [2.05, 4.69) is 14.7 Å². The van der Waals surface area contributed by atoms with Crippen LogP contribution in [0.15, 0.2) is 33.1 Å². The topological polar surface area (TPSA) is 101 Å². The van der Waals surface area contributed by atoms with Gasteiger partial charge in [0, 0.05) is 31.1 Å². The van der Waals surface area contributed by atoms with Gasteiger partial charge in [-0.05, 0) is 17.8 Å². The Morgan fingerprint density at radius 3 is 2.56 bits per heavy atom. The number of benzene rings is 1. The number of carbonyl (C=O) groups excluding carboxylic acids is 1. The Morgan fingerprint density at radius 1 is 1.37 bits per heavy atom. The average molecular weight is 403 g/mol. The first-order valence-corrected chi connectivity index (χ1v) is 8.12. The van der Waals surface area contributed by atoms with E-state index >= 15 is 0 Å². The van der Waals surface area contributed by atoms with E-state index in [4.69, 9.17) is 0 Å². The van der Waals surface area contributed by atoms with Crippen LogP contribution in [-0.2, 0) is 9.53 Å². The van der Waals surface area contributed by atoms with E-state index in [1.165, 1.54) is 42.1 Å². The van der Waals surface area contributed by atoms with Gasteiger partial charge in [-0.25, -0.2) is 14.8 Å². The van der Waals surface area contributed by atoms with Crippen LogP contribution < -0.4 is 4.90 Å². The van der Waals surface area contributed by atoms with Gasteiger partial charge in [0.15, 0.2) is 5.17 Å². The molecule has 27 heavy (non-hydrogen) atoms. The number of alkyl halides is 3. The summed E-state index contributed by atoms with van der Waals surface area (Å²) in [6, 6.07) is 3.84. The molecule has 1 aromatic carbocycles. The lowest BCUT2D eigenvalue weighted by Gasteiger charge is -2.36. The Balaban J connectivity index is 2.22. The number of methoxy groups -OCH3 is 1. The van der Waals surface area contributed by atoms with E-state index in [9.17, 15) is 28.1 Å². The number of aliphatic imine (C=N–C) groups is 2. The number of guanidine groups is 1. The van der Waals surface area contributed by atoms with Crippen LogP contribution in [0.3, 0.4) is 0 Å². The van der Waals surface area contributed by atoms with Crippen molar-refractivity contribution in [2.75, 3.05) is 26.1 Å². The normalized spacial score (nSPS) is 21.0. The number of fused-ring (bicyclic) bond motifs is 3. The molecule has 0 aliphatic carbocycles. The Labute approximate surface area is 154 Å². The summed E-state index contributed by atoms with van der Waals surface area (Å²) in [5, 5.41) is 10.8. The molecule has 0 N–H and O–H groups in total. The standard InChI is InChI=1S/C14H12F3N5O4S/c1-20(2)11-18-13(10(23)26-3,14(15,16)17)19-12-21(11)8-5-4-7(22(24)25)6-9(8)27-12/h4-6H,1-3H3. The molecule has 1 aromatic rings. The maximum Gasteiger partial charge on any atom is 0.446 e. The van der Waals surface area contributed by atoms with Gasteiger partial charge in [-0.2, -0.15) is 13.2 Å². The molecule has 1 atom stereocenters. The molecule has 2 aliphatic heterocycles. The lowest BCUT2D eigenvalue weighted by atomic mass is 10.1. The van der Waals surface area contributed by atoms with Crippen LogP contribution in [0.5, 0.6) is 0 Å². The summed E-state index contributed by atoms with van der Waals surface area (Å²) in [5.74, 6) is -1.88. The third-order valence-electron chi connectivity index (χ3n) is 3.77. The van der Waals surface area contributed by atoms with Crippen molar-refractivity contribution < 1.29 is 27.6 Å². The van der Waals surface area contributed by atoms with E-state index < -0.39 is 22.7 Å². The molecule has 0 saturated heterocycles. The maximum atomic E-state index is 13.8. The molecule has 144 valence electrons. The first-order chi connectivity index (χ1) is 12.5. The summed E-state index contributed by atoms with van der Waals surface area (Å²) in [5.41, 5.74) is -3.30. The van der Waals surface area contributed by atoms with Gasteiger partial charge in [-0.15, -0.1) is 0 Å². The van der Waals surface area contributed by atoms with Gasteiger partial charge < -0.3 is 9.64 Å². The van der Waals surface area contributed by atoms with Crippen LogP contribution in [0, 0.1) is 10.1 Å². The second-order valence-electron chi connectivity index (χ2n) is 5.71. The summed E-state index contributed by atoms with van der Waals surface area (Å²) >= 11 is 0.775. The van der Waals surface area contributed by atoms with Gasteiger partial charge in [0.25, 0.3) is 5.69 Å². The van der Waals surface area contributed by atoms with Crippen molar-refractivity contribution in [1.82, 2.24) is 4.90 Å². The van der Waals surface area contributed by atoms with Gasteiger partial charge in [0.05, 0.1) is 17.7 Å². The van der Waals surface area contributed by atoms with Gasteiger partial charge in [0.1, 0.15) is 0 Å². The molecule has 3 rings (SSSR count). The number of halogens is 3. The summed E-state index contributed by atoms with van der Waals surface area (Å²) in [4.78, 5) is 32.4. The van der Waals surface area contributed by atoms with Crippen LogP contribution in [0.2, 0.25) is 0 Å². The van der Waals surface area contributed by atoms with Crippen LogP contribution >= 0.6 is 11.8 Å². The fourth-order valence-electron chi connectivity index (χ4n) is 2.53. The number of non-ortho nitro benzene ring substituents is 1. The molecular formula is C14H12F3N5O4S. The SMILES string of the molecule is COC(=O)C1(C(F)(F)F)N=C2Sc3cc([N+](=O)[O-])ccc3N2C(N(C)C)=N1. The fourth-order valence-corrected chi connectivity index (χ4v) is 3.62. The number of rotatable bonds is 2. The fraction of sp³-hybridized carbons (Fsp3) is 0.357. The monoisotopic (exact) mass is 403 g/mol. The molecule has 9 nitrogen and oxygen atoms in total. The molecule has 0 saturated carbocycles. The first kappa shape index (κ1) is 18.9. The van der Waals surface area contributed by atoms with Crippen molar-refractivity contribution in [3.05, 3.63) is 28.3 Å². The highest BCUT2D eigenvalue weighted by Crippen LogP contribution is 2.48. The molecule has 0 amide bonds. The number of carbonyl (C=O) groups is 1. The third-order valence-corrected chi connectivity index (χ3v) is 4.78. The number of nitro benzene ring substituents is 1. The maximum absolute atomic E-state index is 13.8. The Bertz CT molecular complexity index is 901. The van der Waals surface area contributed by atoms with Gasteiger partial charge in [-0.3, -0.25) is 15.0 Å². The molecule has 1 unspecified atom stereocenters. The number of thioether (sulfide) groups is 1. The van der Waals surface area contributed by atoms with E-state index in [0.29, 0.717) is 10.6 Å². The number of nitrogens with zero attached hydrogens (tertiary/aromatic N) is 5. The van der Waals surface area contributed by atoms with Crippen molar-refractivity contribution >= 4 is 40.2 Å². The van der Waals surface area contributed by atoms with Gasteiger partial charge in [0.2, 0.25) is 5.96 Å². The predicted octanol–water partition coefficient (Wildman–Crippen LogP) is 2.23. The van der Waals surface area contributed by atoms with E-state index in [1.807, 2.05) is 0 Å². The van der Waals surface area contributed by atoms with E-state index in [-0.39, 0.29) is 16.8 Å². The predicted molar refractivity (Wildman–Crippen MR) is 90.8 cm³/mol. The Hall–Kier alpha value is -2.83. The van der Waals surface area contributed by atoms with Crippen molar-refractivity contribution in [1.29, 1.82) is 0 Å². The summed E-state index contributed by atoms with van der Waals surface area (Å²) in [6.45, 7) is 0. The van der Waals surface area contributed by atoms with Crippen molar-refractivity contribution in [3.63, 3.8) is 0 Å². The largest absolute Gasteiger partial charge is 0.465 e. The number of ether oxygens (including phenoxy) is 1. The van der Waals surface area contributed by atoms with Crippen LogP contribution in [0.1, 0.15) is 0 Å². The number of esters is 1. The van der Waals surface area contributed by atoms with Crippen LogP contribution in [-0.4, -0.2) is 60.0 Å². The molecule has 0 aromatic heterocycles. The first-order valence-electron chi connectivity index (χ1n) is 7.30. The van der Waals surface area contributed by atoms with E-state index in [0.717, 1.165) is 18.9 Å². The quantitative estimate of drug-likeness (QED) is 0.424. The van der Waals surface area contributed by atoms with Crippen LogP contribution in [0.4, 0.5) is 24.5 Å². The highest BCUT2D eigenvalue weighted by molar-refractivity contribution is 8.15. The molecule has 0 bridgehead atoms. The molecule has 0 radical (unpaired) electrons. The molecule has 2 heterocycles. The number of nitro groups is 1. The lowest BCUT2D eigenvalue weighted by Crippen LogP contribution is -2.57. The zero-order chi connectivity index (χ0) is 20.1. The molecular weight excluding hydrogens is 391 g/mol. The highest BCUT2D eigenvalue weighted by Gasteiger charge is 2.65. The summed E-state index contributed by atoms with van der Waals surface area (Å²) in [6.07, 6.45) is -5.15. The third kappa shape index (κ3) is 2.78. The summed E-state index contributed by atoms with van der Waals surface area (Å²) < 4.78 is 45.6. The average Bonchev–Trinajstić information content (AvgIpc) is 2.95. The second-order valence-corrected chi connectivity index (χ2v) is 6.72. The van der Waals surface area contributed by atoms with Crippen molar-refractivity contribution in [2.45, 2.75) is 16.7 Å². The minimum absolute atomic E-state index is 0.188. The zero-order valence-electron chi connectivity index (χ0n) is 14.1. The number of anilines is 1. The molecule has 0 spiro atoms. The number of hydrogen-bond acceptors (Lipinski definition) is 9. The van der Waals surface area contributed by atoms with Gasteiger partial charge >= 0.3 is 17.8 Å². The Kier molecular flexibility index (Phi) is 4.29. The Morgan fingerprint density at radius 2 is 2.04 bits per heavy atom. The lowest BCUT2D eigenvalue weighted by molar-refractivity contribution is -0.385. The molecule has 2 aliphatic rings. The van der Waals surface area contributed by atoms with Crippen LogP contribution in [0.25, 0.3) is 0 Å². The molecule has 0 fully saturated rings.